The van der Waals surface area contributed by atoms with Crippen LogP contribution in [0.2, 0.25) is 0 Å². The molecule has 1 aliphatic carbocycles. The van der Waals surface area contributed by atoms with Crippen molar-refractivity contribution < 1.29 is 5.11 Å². The molecule has 1 rings (SSSR count). The summed E-state index contributed by atoms with van der Waals surface area (Å²) in [6.07, 6.45) is 7.98. The van der Waals surface area contributed by atoms with Crippen molar-refractivity contribution in [3.05, 3.63) is 0 Å². The second kappa shape index (κ2) is 4.76. The van der Waals surface area contributed by atoms with Gasteiger partial charge in [0.05, 0.1) is 0 Å². The maximum atomic E-state index is 8.91. The lowest BCUT2D eigenvalue weighted by Crippen LogP contribution is -2.16. The van der Waals surface area contributed by atoms with Crippen LogP contribution in [-0.4, -0.2) is 11.7 Å². The molecule has 1 nitrogen and oxygen atoms in total. The minimum absolute atomic E-state index is 0.416. The summed E-state index contributed by atoms with van der Waals surface area (Å²) in [6.45, 7) is 2.68. The monoisotopic (exact) mass is 156 g/mol. The molecule has 0 aromatic carbocycles. The van der Waals surface area contributed by atoms with E-state index >= 15 is 0 Å². The fourth-order valence-corrected chi connectivity index (χ4v) is 2.11. The van der Waals surface area contributed by atoms with Crippen LogP contribution in [0.5, 0.6) is 0 Å². The second-order valence-corrected chi connectivity index (χ2v) is 3.86. The van der Waals surface area contributed by atoms with Crippen molar-refractivity contribution in [3.63, 3.8) is 0 Å². The van der Waals surface area contributed by atoms with Crippen LogP contribution in [0.15, 0.2) is 0 Å². The largest absolute Gasteiger partial charge is 0.396 e. The zero-order chi connectivity index (χ0) is 8.10. The summed E-state index contributed by atoms with van der Waals surface area (Å²) in [5.74, 6) is 1.60. The third-order valence-electron chi connectivity index (χ3n) is 2.92. The molecule has 1 heteroatoms. The van der Waals surface area contributed by atoms with Gasteiger partial charge < -0.3 is 5.11 Å². The zero-order valence-corrected chi connectivity index (χ0v) is 7.55. The minimum Gasteiger partial charge on any atom is -0.396 e. The predicted molar refractivity (Wildman–Crippen MR) is 47.4 cm³/mol. The number of aliphatic hydroxyl groups excluding tert-OH is 1. The molecule has 0 heterocycles. The lowest BCUT2D eigenvalue weighted by atomic mass is 9.80. The van der Waals surface area contributed by atoms with Gasteiger partial charge in [-0.15, -0.1) is 0 Å². The molecule has 0 atom stereocenters. The maximum Gasteiger partial charge on any atom is 0.0459 e. The molecule has 1 aliphatic rings. The number of rotatable bonds is 3. The van der Waals surface area contributed by atoms with Crippen LogP contribution in [0.1, 0.15) is 45.4 Å². The highest BCUT2D eigenvalue weighted by Crippen LogP contribution is 2.30. The van der Waals surface area contributed by atoms with Crippen molar-refractivity contribution in [1.29, 1.82) is 0 Å². The van der Waals surface area contributed by atoms with Gasteiger partial charge in [-0.25, -0.2) is 0 Å². The van der Waals surface area contributed by atoms with E-state index in [4.69, 9.17) is 5.11 Å². The molecule has 1 saturated carbocycles. The third-order valence-corrected chi connectivity index (χ3v) is 2.92. The lowest BCUT2D eigenvalue weighted by Gasteiger charge is -2.26. The van der Waals surface area contributed by atoms with E-state index in [0.29, 0.717) is 12.5 Å². The Morgan fingerprint density at radius 1 is 1.09 bits per heavy atom. The van der Waals surface area contributed by atoms with Crippen LogP contribution in [0.4, 0.5) is 0 Å². The van der Waals surface area contributed by atoms with E-state index < -0.39 is 0 Å². The summed E-state index contributed by atoms with van der Waals surface area (Å²) >= 11 is 0. The van der Waals surface area contributed by atoms with Gasteiger partial charge in [0, 0.05) is 6.61 Å². The highest BCUT2D eigenvalue weighted by atomic mass is 16.3. The molecule has 0 spiro atoms. The van der Waals surface area contributed by atoms with Gasteiger partial charge in [-0.2, -0.15) is 0 Å². The van der Waals surface area contributed by atoms with E-state index in [1.165, 1.54) is 38.5 Å². The molecule has 0 amide bonds. The van der Waals surface area contributed by atoms with E-state index in [0.717, 1.165) is 5.92 Å². The summed E-state index contributed by atoms with van der Waals surface area (Å²) in [5, 5.41) is 8.91. The van der Waals surface area contributed by atoms with E-state index in [1.54, 1.807) is 0 Å². The van der Waals surface area contributed by atoms with Gasteiger partial charge in [-0.3, -0.25) is 0 Å². The molecule has 0 unspecified atom stereocenters. The van der Waals surface area contributed by atoms with Crippen molar-refractivity contribution in [2.45, 2.75) is 45.4 Å². The summed E-state index contributed by atoms with van der Waals surface area (Å²) in [7, 11) is 0. The van der Waals surface area contributed by atoms with Crippen molar-refractivity contribution >= 4 is 0 Å². The van der Waals surface area contributed by atoms with Gasteiger partial charge in [0.15, 0.2) is 0 Å². The van der Waals surface area contributed by atoms with Gasteiger partial charge in [0.1, 0.15) is 0 Å². The fourth-order valence-electron chi connectivity index (χ4n) is 2.11. The summed E-state index contributed by atoms with van der Waals surface area (Å²) in [5.41, 5.74) is 0. The summed E-state index contributed by atoms with van der Waals surface area (Å²) < 4.78 is 0. The van der Waals surface area contributed by atoms with E-state index in [1.807, 2.05) is 0 Å². The Morgan fingerprint density at radius 3 is 2.09 bits per heavy atom. The lowest BCUT2D eigenvalue weighted by molar-refractivity contribution is 0.164. The van der Waals surface area contributed by atoms with Crippen LogP contribution in [0, 0.1) is 11.8 Å². The van der Waals surface area contributed by atoms with Crippen LogP contribution < -0.4 is 0 Å². The Labute approximate surface area is 69.8 Å². The standard InChI is InChI=1S/C10H20O/c1-2-3-9-4-6-10(8-11)7-5-9/h9-11H,2-8H2,1H3. The molecule has 66 valence electrons. The van der Waals surface area contributed by atoms with E-state index in [2.05, 4.69) is 6.92 Å². The van der Waals surface area contributed by atoms with Crippen molar-refractivity contribution in [1.82, 2.24) is 0 Å². The van der Waals surface area contributed by atoms with E-state index in [-0.39, 0.29) is 0 Å². The summed E-state index contributed by atoms with van der Waals surface area (Å²) in [6, 6.07) is 0. The summed E-state index contributed by atoms with van der Waals surface area (Å²) in [4.78, 5) is 0. The Kier molecular flexibility index (Phi) is 3.92. The molecular formula is C10H20O. The predicted octanol–water partition coefficient (Wildman–Crippen LogP) is 2.59. The molecule has 1 N–H and O–H groups in total. The van der Waals surface area contributed by atoms with Crippen LogP contribution in [0.25, 0.3) is 0 Å². The smallest absolute Gasteiger partial charge is 0.0459 e. The highest BCUT2D eigenvalue weighted by molar-refractivity contribution is 4.71. The van der Waals surface area contributed by atoms with Gasteiger partial charge >= 0.3 is 0 Å². The number of hydrogen-bond acceptors (Lipinski definition) is 1. The first-order valence-electron chi connectivity index (χ1n) is 4.97. The topological polar surface area (TPSA) is 20.2 Å². The Hall–Kier alpha value is -0.0400. The van der Waals surface area contributed by atoms with Gasteiger partial charge in [0.2, 0.25) is 0 Å². The molecule has 0 saturated heterocycles. The average Bonchev–Trinajstić information content (AvgIpc) is 2.07. The molecule has 0 aromatic rings. The van der Waals surface area contributed by atoms with Crippen molar-refractivity contribution in [2.24, 2.45) is 11.8 Å². The number of hydrogen-bond donors (Lipinski definition) is 1. The van der Waals surface area contributed by atoms with Crippen LogP contribution >= 0.6 is 0 Å². The van der Waals surface area contributed by atoms with Gasteiger partial charge in [-0.1, -0.05) is 32.6 Å². The Balaban J connectivity index is 2.14. The molecule has 0 radical (unpaired) electrons. The normalized spacial score (nSPS) is 32.2. The maximum absolute atomic E-state index is 8.91. The van der Waals surface area contributed by atoms with Gasteiger partial charge in [0.25, 0.3) is 0 Å². The minimum atomic E-state index is 0.416. The zero-order valence-electron chi connectivity index (χ0n) is 7.55. The van der Waals surface area contributed by atoms with E-state index in [9.17, 15) is 0 Å². The quantitative estimate of drug-likeness (QED) is 0.666. The number of aliphatic hydroxyl groups is 1. The van der Waals surface area contributed by atoms with Gasteiger partial charge in [-0.05, 0) is 24.7 Å². The third kappa shape index (κ3) is 2.82. The second-order valence-electron chi connectivity index (χ2n) is 3.86. The first kappa shape index (κ1) is 9.05. The van der Waals surface area contributed by atoms with Crippen molar-refractivity contribution in [3.8, 4) is 0 Å². The Bertz CT molecular complexity index is 93.0. The molecule has 11 heavy (non-hydrogen) atoms. The highest BCUT2D eigenvalue weighted by Gasteiger charge is 2.19. The fraction of sp³-hybridized carbons (Fsp3) is 1.00. The molecule has 1 fully saturated rings. The first-order valence-corrected chi connectivity index (χ1v) is 4.97. The molecule has 0 aliphatic heterocycles. The molecule has 0 bridgehead atoms. The Morgan fingerprint density at radius 2 is 1.64 bits per heavy atom. The molecule has 0 aromatic heterocycles. The first-order chi connectivity index (χ1) is 5.36. The van der Waals surface area contributed by atoms with Crippen molar-refractivity contribution in [2.75, 3.05) is 6.61 Å². The molecular weight excluding hydrogens is 136 g/mol. The van der Waals surface area contributed by atoms with Crippen LogP contribution in [-0.2, 0) is 0 Å². The SMILES string of the molecule is CCCC1CCC(CO)CC1. The van der Waals surface area contributed by atoms with Crippen LogP contribution in [0.3, 0.4) is 0 Å². The average molecular weight is 156 g/mol.